The number of nitrogen functional groups attached to an aromatic ring is 1. The van der Waals surface area contributed by atoms with Crippen LogP contribution in [0.4, 0.5) is 17.6 Å². The summed E-state index contributed by atoms with van der Waals surface area (Å²) in [5, 5.41) is 10.2. The van der Waals surface area contributed by atoms with Crippen molar-refractivity contribution in [3.8, 4) is 0 Å². The molecule has 1 aromatic heterocycles. The molecule has 1 aromatic rings. The van der Waals surface area contributed by atoms with Crippen molar-refractivity contribution in [2.45, 2.75) is 32.2 Å². The summed E-state index contributed by atoms with van der Waals surface area (Å²) in [6.07, 6.45) is -0.660. The van der Waals surface area contributed by atoms with Gasteiger partial charge in [-0.25, -0.2) is 0 Å². The van der Waals surface area contributed by atoms with Crippen LogP contribution in [0.3, 0.4) is 0 Å². The van der Waals surface area contributed by atoms with Crippen LogP contribution in [0.15, 0.2) is 6.07 Å². The van der Waals surface area contributed by atoms with E-state index in [-0.39, 0.29) is 18.2 Å². The zero-order valence-electron chi connectivity index (χ0n) is 13.7. The van der Waals surface area contributed by atoms with Crippen molar-refractivity contribution in [3.63, 3.8) is 0 Å². The highest BCUT2D eigenvalue weighted by Gasteiger charge is 2.34. The number of nitrogens with zero attached hydrogens (tertiary/aromatic N) is 4. The third-order valence-corrected chi connectivity index (χ3v) is 4.06. The Morgan fingerprint density at radius 2 is 1.87 bits per heavy atom. The first-order valence-corrected chi connectivity index (χ1v) is 8.08. The third kappa shape index (κ3) is 3.82. The first-order chi connectivity index (χ1) is 11.0. The van der Waals surface area contributed by atoms with E-state index in [1.54, 1.807) is 0 Å². The first-order valence-electron chi connectivity index (χ1n) is 8.08. The fraction of sp³-hybridized carbons (Fsp3) is 0.733. The van der Waals surface area contributed by atoms with E-state index in [9.17, 15) is 5.11 Å². The molecular weight excluding hydrogens is 298 g/mol. The monoisotopic (exact) mass is 323 g/mol. The molecule has 3 N–H and O–H groups in total. The molecule has 3 rings (SSSR count). The summed E-state index contributed by atoms with van der Waals surface area (Å²) in [5.74, 6) is 1.78. The van der Waals surface area contributed by atoms with Gasteiger partial charge in [0, 0.05) is 32.2 Å². The summed E-state index contributed by atoms with van der Waals surface area (Å²) >= 11 is 0. The summed E-state index contributed by atoms with van der Waals surface area (Å²) in [7, 11) is 0. The van der Waals surface area contributed by atoms with Crippen LogP contribution in [0.25, 0.3) is 0 Å². The van der Waals surface area contributed by atoms with Crippen LogP contribution in [-0.2, 0) is 9.47 Å². The van der Waals surface area contributed by atoms with Crippen LogP contribution in [-0.4, -0.2) is 72.8 Å². The topological polar surface area (TPSA) is 97.0 Å². The second kappa shape index (κ2) is 6.86. The molecule has 0 spiro atoms. The number of nitrogens with two attached hydrogens (primary N) is 1. The molecule has 2 aliphatic heterocycles. The number of aromatic nitrogens is 2. The van der Waals surface area contributed by atoms with Crippen molar-refractivity contribution in [1.82, 2.24) is 9.97 Å². The second-order valence-corrected chi connectivity index (χ2v) is 6.24. The molecule has 8 nitrogen and oxygen atoms in total. The number of aliphatic hydroxyl groups is 1. The summed E-state index contributed by atoms with van der Waals surface area (Å²) < 4.78 is 11.1. The molecule has 3 heterocycles. The maximum Gasteiger partial charge on any atom is 0.223 e. The van der Waals surface area contributed by atoms with Gasteiger partial charge in [0.1, 0.15) is 17.7 Å². The Kier molecular flexibility index (Phi) is 4.84. The number of rotatable bonds is 4. The highest BCUT2D eigenvalue weighted by atomic mass is 16.5. The van der Waals surface area contributed by atoms with Crippen molar-refractivity contribution in [2.24, 2.45) is 0 Å². The van der Waals surface area contributed by atoms with E-state index >= 15 is 0 Å². The van der Waals surface area contributed by atoms with Gasteiger partial charge in [-0.2, -0.15) is 9.97 Å². The van der Waals surface area contributed by atoms with Gasteiger partial charge in [-0.05, 0) is 13.8 Å². The van der Waals surface area contributed by atoms with Crippen LogP contribution in [0, 0.1) is 0 Å². The minimum absolute atomic E-state index is 0.0778. The van der Waals surface area contributed by atoms with E-state index in [0.717, 1.165) is 24.7 Å². The maximum atomic E-state index is 10.2. The summed E-state index contributed by atoms with van der Waals surface area (Å²) in [6, 6.07) is 1.92. The Morgan fingerprint density at radius 3 is 2.52 bits per heavy atom. The zero-order valence-corrected chi connectivity index (χ0v) is 13.7. The Balaban J connectivity index is 1.76. The first kappa shape index (κ1) is 16.2. The minimum Gasteiger partial charge on any atom is -0.388 e. The highest BCUT2D eigenvalue weighted by molar-refractivity contribution is 5.55. The van der Waals surface area contributed by atoms with Crippen LogP contribution in [0.1, 0.15) is 13.8 Å². The Bertz CT molecular complexity index is 536. The molecule has 8 heteroatoms. The fourth-order valence-corrected chi connectivity index (χ4v) is 2.98. The minimum atomic E-state index is -0.527. The largest absolute Gasteiger partial charge is 0.388 e. The quantitative estimate of drug-likeness (QED) is 0.791. The fourth-order valence-electron chi connectivity index (χ4n) is 2.98. The van der Waals surface area contributed by atoms with Crippen molar-refractivity contribution < 1.29 is 14.6 Å². The Labute approximate surface area is 136 Å². The molecule has 0 unspecified atom stereocenters. The SMILES string of the molecule is CC(C)O[C@@H]1CN(c2cc(N3CCOCC3)nc(N)n2)C[C@H]1O. The van der Waals surface area contributed by atoms with E-state index < -0.39 is 6.10 Å². The van der Waals surface area contributed by atoms with Gasteiger partial charge < -0.3 is 30.1 Å². The smallest absolute Gasteiger partial charge is 0.223 e. The zero-order chi connectivity index (χ0) is 16.4. The molecule has 2 saturated heterocycles. The van der Waals surface area contributed by atoms with Gasteiger partial charge in [0.2, 0.25) is 5.95 Å². The molecule has 0 aromatic carbocycles. The van der Waals surface area contributed by atoms with Gasteiger partial charge in [0.25, 0.3) is 0 Å². The lowest BCUT2D eigenvalue weighted by Crippen LogP contribution is -2.37. The molecule has 0 amide bonds. The Morgan fingerprint density at radius 1 is 1.22 bits per heavy atom. The molecule has 2 fully saturated rings. The molecule has 0 saturated carbocycles. The van der Waals surface area contributed by atoms with Crippen LogP contribution >= 0.6 is 0 Å². The van der Waals surface area contributed by atoms with Crippen molar-refractivity contribution >= 4 is 17.6 Å². The number of morpholine rings is 1. The molecular formula is C15H25N5O3. The van der Waals surface area contributed by atoms with Gasteiger partial charge in [-0.3, -0.25) is 0 Å². The van der Waals surface area contributed by atoms with E-state index in [4.69, 9.17) is 15.2 Å². The number of aliphatic hydroxyl groups excluding tert-OH is 1. The molecule has 23 heavy (non-hydrogen) atoms. The molecule has 2 atom stereocenters. The molecule has 128 valence electrons. The average Bonchev–Trinajstić information content (AvgIpc) is 2.88. The lowest BCUT2D eigenvalue weighted by molar-refractivity contribution is -0.0386. The van der Waals surface area contributed by atoms with Gasteiger partial charge in [0.15, 0.2) is 0 Å². The Hall–Kier alpha value is -1.64. The standard InChI is InChI=1S/C15H25N5O3/c1-10(2)23-12-9-20(8-11(12)21)14-7-13(17-15(16)18-14)19-3-5-22-6-4-19/h7,10-12,21H,3-6,8-9H2,1-2H3,(H2,16,17,18)/t11-,12-/m1/s1. The lowest BCUT2D eigenvalue weighted by Gasteiger charge is -2.28. The molecule has 0 aliphatic carbocycles. The number of ether oxygens (including phenoxy) is 2. The van der Waals surface area contributed by atoms with E-state index in [1.807, 2.05) is 24.8 Å². The summed E-state index contributed by atoms with van der Waals surface area (Å²) in [6.45, 7) is 7.96. The molecule has 0 radical (unpaired) electrons. The van der Waals surface area contributed by atoms with Crippen LogP contribution in [0.5, 0.6) is 0 Å². The normalized spacial score (nSPS) is 25.4. The third-order valence-electron chi connectivity index (χ3n) is 4.06. The van der Waals surface area contributed by atoms with Gasteiger partial charge in [0.05, 0.1) is 25.4 Å². The van der Waals surface area contributed by atoms with E-state index in [2.05, 4.69) is 14.9 Å². The van der Waals surface area contributed by atoms with Gasteiger partial charge >= 0.3 is 0 Å². The summed E-state index contributed by atoms with van der Waals surface area (Å²) in [5.41, 5.74) is 5.88. The second-order valence-electron chi connectivity index (χ2n) is 6.24. The van der Waals surface area contributed by atoms with E-state index in [0.29, 0.717) is 26.3 Å². The highest BCUT2D eigenvalue weighted by Crippen LogP contribution is 2.25. The van der Waals surface area contributed by atoms with Gasteiger partial charge in [-0.15, -0.1) is 0 Å². The predicted molar refractivity (Wildman–Crippen MR) is 87.7 cm³/mol. The van der Waals surface area contributed by atoms with Gasteiger partial charge in [-0.1, -0.05) is 0 Å². The van der Waals surface area contributed by atoms with Crippen molar-refractivity contribution in [3.05, 3.63) is 6.07 Å². The summed E-state index contributed by atoms with van der Waals surface area (Å²) in [4.78, 5) is 12.8. The maximum absolute atomic E-state index is 10.2. The number of hydrogen-bond acceptors (Lipinski definition) is 8. The number of hydrogen-bond donors (Lipinski definition) is 2. The van der Waals surface area contributed by atoms with Crippen LogP contribution in [0.2, 0.25) is 0 Å². The van der Waals surface area contributed by atoms with Crippen molar-refractivity contribution in [2.75, 3.05) is 54.9 Å². The van der Waals surface area contributed by atoms with E-state index in [1.165, 1.54) is 0 Å². The molecule has 2 aliphatic rings. The number of β-amino-alcohol motifs (C(OH)–C–C–N with tert-alkyl or cyclic N) is 1. The average molecular weight is 323 g/mol. The predicted octanol–water partition coefficient (Wildman–Crippen LogP) is -0.130. The number of anilines is 3. The van der Waals surface area contributed by atoms with Crippen LogP contribution < -0.4 is 15.5 Å². The molecule has 0 bridgehead atoms. The lowest BCUT2D eigenvalue weighted by atomic mass is 10.2. The van der Waals surface area contributed by atoms with Crippen molar-refractivity contribution in [1.29, 1.82) is 0 Å².